The Morgan fingerprint density at radius 2 is 2.08 bits per heavy atom. The van der Waals surface area contributed by atoms with Gasteiger partial charge in [0.25, 0.3) is 0 Å². The number of nitrogens with zero attached hydrogens (tertiary/aromatic N) is 1. The first-order chi connectivity index (χ1) is 6.18. The van der Waals surface area contributed by atoms with Crippen LogP contribution < -0.4 is 5.73 Å². The van der Waals surface area contributed by atoms with E-state index in [2.05, 4.69) is 4.98 Å². The molecule has 1 aliphatic carbocycles. The molecule has 1 aromatic heterocycles. The van der Waals surface area contributed by atoms with E-state index in [1.807, 2.05) is 0 Å². The standard InChI is InChI=1S/C9H10Cl2N2/c10-6-4-7(12)9(11)13-8(6)5-2-1-3-5/h4-5H,1-3,12H2. The zero-order valence-corrected chi connectivity index (χ0v) is 8.57. The van der Waals surface area contributed by atoms with Gasteiger partial charge in [-0.15, -0.1) is 0 Å². The molecular formula is C9H10Cl2N2. The molecule has 1 heterocycles. The average Bonchev–Trinajstić information content (AvgIpc) is 1.96. The number of nitrogen functional groups attached to an aromatic ring is 1. The van der Waals surface area contributed by atoms with Crippen LogP contribution in [-0.4, -0.2) is 4.98 Å². The van der Waals surface area contributed by atoms with E-state index in [0.29, 0.717) is 21.8 Å². The fourth-order valence-corrected chi connectivity index (χ4v) is 1.92. The van der Waals surface area contributed by atoms with Gasteiger partial charge in [0.1, 0.15) is 0 Å². The summed E-state index contributed by atoms with van der Waals surface area (Å²) in [7, 11) is 0. The van der Waals surface area contributed by atoms with Crippen LogP contribution in [0.4, 0.5) is 5.69 Å². The molecule has 1 aliphatic rings. The van der Waals surface area contributed by atoms with Crippen LogP contribution in [0.5, 0.6) is 0 Å². The van der Waals surface area contributed by atoms with E-state index < -0.39 is 0 Å². The third-order valence-corrected chi connectivity index (χ3v) is 3.08. The molecule has 0 bridgehead atoms. The number of rotatable bonds is 1. The van der Waals surface area contributed by atoms with Gasteiger partial charge in [0.2, 0.25) is 0 Å². The second kappa shape index (κ2) is 3.35. The molecule has 0 radical (unpaired) electrons. The average molecular weight is 217 g/mol. The SMILES string of the molecule is Nc1cc(Cl)c(C2CCC2)nc1Cl. The van der Waals surface area contributed by atoms with Gasteiger partial charge in [0.05, 0.1) is 16.4 Å². The summed E-state index contributed by atoms with van der Waals surface area (Å²) in [6.45, 7) is 0. The Morgan fingerprint density at radius 3 is 2.62 bits per heavy atom. The van der Waals surface area contributed by atoms with Gasteiger partial charge in [-0.3, -0.25) is 0 Å². The van der Waals surface area contributed by atoms with Gasteiger partial charge in [-0.25, -0.2) is 4.98 Å². The van der Waals surface area contributed by atoms with Crippen LogP contribution in [0.2, 0.25) is 10.2 Å². The van der Waals surface area contributed by atoms with Gasteiger partial charge in [-0.2, -0.15) is 0 Å². The molecule has 2 N–H and O–H groups in total. The van der Waals surface area contributed by atoms with E-state index in [-0.39, 0.29) is 0 Å². The highest BCUT2D eigenvalue weighted by atomic mass is 35.5. The summed E-state index contributed by atoms with van der Waals surface area (Å²) < 4.78 is 0. The van der Waals surface area contributed by atoms with Crippen molar-refractivity contribution in [1.82, 2.24) is 4.98 Å². The molecule has 13 heavy (non-hydrogen) atoms. The van der Waals surface area contributed by atoms with Crippen molar-refractivity contribution in [3.8, 4) is 0 Å². The molecule has 70 valence electrons. The van der Waals surface area contributed by atoms with Crippen LogP contribution >= 0.6 is 23.2 Å². The monoisotopic (exact) mass is 216 g/mol. The van der Waals surface area contributed by atoms with Crippen molar-refractivity contribution in [2.24, 2.45) is 0 Å². The molecule has 0 saturated heterocycles. The maximum Gasteiger partial charge on any atom is 0.152 e. The molecule has 0 spiro atoms. The van der Waals surface area contributed by atoms with E-state index in [0.717, 1.165) is 18.5 Å². The lowest BCUT2D eigenvalue weighted by atomic mass is 9.82. The number of hydrogen-bond acceptors (Lipinski definition) is 2. The largest absolute Gasteiger partial charge is 0.396 e. The summed E-state index contributed by atoms with van der Waals surface area (Å²) in [6, 6.07) is 1.69. The van der Waals surface area contributed by atoms with E-state index in [1.165, 1.54) is 6.42 Å². The molecule has 1 aromatic rings. The molecule has 1 fully saturated rings. The van der Waals surface area contributed by atoms with Gasteiger partial charge in [0, 0.05) is 5.92 Å². The van der Waals surface area contributed by atoms with E-state index in [1.54, 1.807) is 6.07 Å². The highest BCUT2D eigenvalue weighted by molar-refractivity contribution is 6.34. The maximum absolute atomic E-state index is 6.01. The third-order valence-electron chi connectivity index (χ3n) is 2.48. The summed E-state index contributed by atoms with van der Waals surface area (Å²) in [5, 5.41) is 1.01. The Kier molecular flexibility index (Phi) is 2.35. The van der Waals surface area contributed by atoms with E-state index >= 15 is 0 Å². The molecule has 2 nitrogen and oxygen atoms in total. The maximum atomic E-state index is 6.01. The molecule has 0 atom stereocenters. The van der Waals surface area contributed by atoms with Crippen molar-refractivity contribution < 1.29 is 0 Å². The smallest absolute Gasteiger partial charge is 0.152 e. The van der Waals surface area contributed by atoms with Crippen molar-refractivity contribution in [2.75, 3.05) is 5.73 Å². The summed E-state index contributed by atoms with van der Waals surface area (Å²) >= 11 is 11.8. The minimum Gasteiger partial charge on any atom is -0.396 e. The van der Waals surface area contributed by atoms with Crippen LogP contribution in [0, 0.1) is 0 Å². The minimum absolute atomic E-state index is 0.367. The predicted molar refractivity (Wildman–Crippen MR) is 55.3 cm³/mol. The van der Waals surface area contributed by atoms with Crippen LogP contribution in [-0.2, 0) is 0 Å². The lowest BCUT2D eigenvalue weighted by Gasteiger charge is -2.25. The Hall–Kier alpha value is -0.470. The fraction of sp³-hybridized carbons (Fsp3) is 0.444. The van der Waals surface area contributed by atoms with Crippen molar-refractivity contribution in [2.45, 2.75) is 25.2 Å². The van der Waals surface area contributed by atoms with E-state index in [9.17, 15) is 0 Å². The minimum atomic E-state index is 0.367. The zero-order valence-electron chi connectivity index (χ0n) is 7.06. The van der Waals surface area contributed by atoms with Crippen molar-refractivity contribution in [1.29, 1.82) is 0 Å². The topological polar surface area (TPSA) is 38.9 Å². The van der Waals surface area contributed by atoms with Gasteiger partial charge in [0.15, 0.2) is 5.15 Å². The number of pyridine rings is 1. The van der Waals surface area contributed by atoms with Gasteiger partial charge >= 0.3 is 0 Å². The fourth-order valence-electron chi connectivity index (χ4n) is 1.46. The first-order valence-corrected chi connectivity index (χ1v) is 5.05. The second-order valence-electron chi connectivity index (χ2n) is 3.36. The normalized spacial score (nSPS) is 17.1. The Labute approximate surface area is 87.1 Å². The van der Waals surface area contributed by atoms with Gasteiger partial charge in [-0.1, -0.05) is 29.6 Å². The molecule has 1 saturated carbocycles. The molecule has 0 aromatic carbocycles. The van der Waals surface area contributed by atoms with Gasteiger partial charge in [-0.05, 0) is 18.9 Å². The summed E-state index contributed by atoms with van der Waals surface area (Å²) in [5.74, 6) is 0.491. The second-order valence-corrected chi connectivity index (χ2v) is 4.13. The van der Waals surface area contributed by atoms with Gasteiger partial charge < -0.3 is 5.73 Å². The number of aromatic nitrogens is 1. The molecule has 0 aliphatic heterocycles. The first-order valence-electron chi connectivity index (χ1n) is 4.30. The van der Waals surface area contributed by atoms with Crippen molar-refractivity contribution >= 4 is 28.9 Å². The summed E-state index contributed by atoms with van der Waals surface area (Å²) in [6.07, 6.45) is 3.57. The quantitative estimate of drug-likeness (QED) is 0.733. The van der Waals surface area contributed by atoms with Crippen molar-refractivity contribution in [3.05, 3.63) is 21.9 Å². The lowest BCUT2D eigenvalue weighted by molar-refractivity contribution is 0.411. The van der Waals surface area contributed by atoms with Crippen LogP contribution in [0.1, 0.15) is 30.9 Å². The summed E-state index contributed by atoms with van der Waals surface area (Å²) in [5.41, 5.74) is 6.93. The number of halogens is 2. The lowest BCUT2D eigenvalue weighted by Crippen LogP contribution is -2.11. The predicted octanol–water partition coefficient (Wildman–Crippen LogP) is 3.24. The van der Waals surface area contributed by atoms with E-state index in [4.69, 9.17) is 28.9 Å². The summed E-state index contributed by atoms with van der Waals surface area (Å²) in [4.78, 5) is 4.20. The Morgan fingerprint density at radius 1 is 1.38 bits per heavy atom. The third kappa shape index (κ3) is 1.61. The number of nitrogens with two attached hydrogens (primary N) is 1. The Bertz CT molecular complexity index is 335. The highest BCUT2D eigenvalue weighted by Gasteiger charge is 2.24. The zero-order chi connectivity index (χ0) is 9.42. The first kappa shape index (κ1) is 9.10. The molecular weight excluding hydrogens is 207 g/mol. The number of anilines is 1. The van der Waals surface area contributed by atoms with Crippen molar-refractivity contribution in [3.63, 3.8) is 0 Å². The molecule has 2 rings (SSSR count). The molecule has 0 unspecified atom stereocenters. The Balaban J connectivity index is 2.39. The van der Waals surface area contributed by atoms with Crippen LogP contribution in [0.15, 0.2) is 6.07 Å². The molecule has 4 heteroatoms. The van der Waals surface area contributed by atoms with Crippen LogP contribution in [0.3, 0.4) is 0 Å². The highest BCUT2D eigenvalue weighted by Crippen LogP contribution is 2.39. The number of hydrogen-bond donors (Lipinski definition) is 1. The molecule has 0 amide bonds. The van der Waals surface area contributed by atoms with Crippen LogP contribution in [0.25, 0.3) is 0 Å².